The molecule has 0 radical (unpaired) electrons. The van der Waals surface area contributed by atoms with Gasteiger partial charge in [-0.25, -0.2) is 0 Å². The van der Waals surface area contributed by atoms with Crippen molar-refractivity contribution in [2.75, 3.05) is 13.7 Å². The van der Waals surface area contributed by atoms with Gasteiger partial charge in [-0.2, -0.15) is 0 Å². The summed E-state index contributed by atoms with van der Waals surface area (Å²) < 4.78 is 10.8. The van der Waals surface area contributed by atoms with Crippen molar-refractivity contribution in [3.05, 3.63) is 0 Å². The van der Waals surface area contributed by atoms with Crippen molar-refractivity contribution >= 4 is 5.91 Å². The highest BCUT2D eigenvalue weighted by atomic mass is 16.7. The molecule has 5 unspecified atom stereocenters. The molecule has 1 heterocycles. The van der Waals surface area contributed by atoms with Crippen molar-refractivity contribution < 1.29 is 19.4 Å². The Hall–Kier alpha value is -0.650. The molecule has 1 saturated heterocycles. The molecule has 2 N–H and O–H groups in total. The van der Waals surface area contributed by atoms with Gasteiger partial charge in [0.05, 0.1) is 18.8 Å². The van der Waals surface area contributed by atoms with Crippen LogP contribution in [0.5, 0.6) is 0 Å². The summed E-state index contributed by atoms with van der Waals surface area (Å²) in [5.41, 5.74) is 0. The lowest BCUT2D eigenvalue weighted by Gasteiger charge is -2.43. The molecule has 0 spiro atoms. The highest BCUT2D eigenvalue weighted by Gasteiger charge is 2.41. The Morgan fingerprint density at radius 3 is 2.50 bits per heavy atom. The summed E-state index contributed by atoms with van der Waals surface area (Å²) in [4.78, 5) is 11.1. The van der Waals surface area contributed by atoms with Gasteiger partial charge in [-0.3, -0.25) is 4.79 Å². The molecular weight excluding hydrogens is 210 g/mol. The quantitative estimate of drug-likeness (QED) is 0.724. The highest BCUT2D eigenvalue weighted by molar-refractivity contribution is 5.73. The number of rotatable bonds is 3. The van der Waals surface area contributed by atoms with Crippen LogP contribution in [0.4, 0.5) is 0 Å². The van der Waals surface area contributed by atoms with Gasteiger partial charge in [-0.05, 0) is 11.8 Å². The van der Waals surface area contributed by atoms with E-state index >= 15 is 0 Å². The number of aliphatic hydroxyl groups excluding tert-OH is 1. The summed E-state index contributed by atoms with van der Waals surface area (Å²) in [6, 6.07) is -0.166. The maximum absolute atomic E-state index is 11.1. The minimum Gasteiger partial charge on any atom is -0.394 e. The van der Waals surface area contributed by atoms with E-state index in [1.165, 1.54) is 14.0 Å². The van der Waals surface area contributed by atoms with Gasteiger partial charge in [0.2, 0.25) is 5.91 Å². The lowest BCUT2D eigenvalue weighted by atomic mass is 9.82. The minimum absolute atomic E-state index is 0.0296. The molecule has 1 amide bonds. The van der Waals surface area contributed by atoms with Crippen molar-refractivity contribution in [3.63, 3.8) is 0 Å². The predicted octanol–water partition coefficient (Wildman–Crippen LogP) is 0.127. The van der Waals surface area contributed by atoms with Gasteiger partial charge in [0.15, 0.2) is 6.29 Å². The molecule has 1 aliphatic heterocycles. The standard InChI is InChI=1S/C11H21NO4/c1-6-7(2)10(12-8(3)14)11(15-4)16-9(6)5-13/h6-7,9-11,13H,5H2,1-4H3,(H,12,14). The number of hydrogen-bond donors (Lipinski definition) is 2. The van der Waals surface area contributed by atoms with Crippen molar-refractivity contribution in [2.45, 2.75) is 39.2 Å². The van der Waals surface area contributed by atoms with Crippen LogP contribution in [0, 0.1) is 11.8 Å². The smallest absolute Gasteiger partial charge is 0.217 e. The molecule has 16 heavy (non-hydrogen) atoms. The monoisotopic (exact) mass is 231 g/mol. The predicted molar refractivity (Wildman–Crippen MR) is 58.7 cm³/mol. The van der Waals surface area contributed by atoms with Crippen molar-refractivity contribution in [1.82, 2.24) is 5.32 Å². The first-order chi connectivity index (χ1) is 7.51. The Balaban J connectivity index is 2.77. The zero-order valence-corrected chi connectivity index (χ0v) is 10.3. The largest absolute Gasteiger partial charge is 0.394 e. The van der Waals surface area contributed by atoms with Gasteiger partial charge in [0.25, 0.3) is 0 Å². The number of hydrogen-bond acceptors (Lipinski definition) is 4. The third kappa shape index (κ3) is 2.72. The number of nitrogens with one attached hydrogen (secondary N) is 1. The molecule has 1 fully saturated rings. The lowest BCUT2D eigenvalue weighted by Crippen LogP contribution is -2.57. The first-order valence-electron chi connectivity index (χ1n) is 5.57. The number of amides is 1. The van der Waals surface area contributed by atoms with E-state index in [2.05, 4.69) is 5.32 Å². The van der Waals surface area contributed by atoms with Crippen LogP contribution in [0.2, 0.25) is 0 Å². The van der Waals surface area contributed by atoms with Gasteiger partial charge in [-0.1, -0.05) is 13.8 Å². The van der Waals surface area contributed by atoms with Crippen molar-refractivity contribution in [3.8, 4) is 0 Å². The molecule has 0 aromatic rings. The van der Waals surface area contributed by atoms with Crippen molar-refractivity contribution in [2.24, 2.45) is 11.8 Å². The molecule has 1 rings (SSSR count). The van der Waals surface area contributed by atoms with E-state index in [1.54, 1.807) is 0 Å². The zero-order chi connectivity index (χ0) is 12.3. The average Bonchev–Trinajstić information content (AvgIpc) is 2.25. The third-order valence-corrected chi connectivity index (χ3v) is 3.37. The number of ether oxygens (including phenoxy) is 2. The molecule has 5 heteroatoms. The van der Waals surface area contributed by atoms with E-state index in [0.717, 1.165) is 0 Å². The molecule has 1 aliphatic rings. The second kappa shape index (κ2) is 5.61. The van der Waals surface area contributed by atoms with Crippen LogP contribution in [0.15, 0.2) is 0 Å². The zero-order valence-electron chi connectivity index (χ0n) is 10.3. The van der Waals surface area contributed by atoms with Crippen LogP contribution < -0.4 is 5.32 Å². The fourth-order valence-electron chi connectivity index (χ4n) is 2.14. The molecule has 5 atom stereocenters. The summed E-state index contributed by atoms with van der Waals surface area (Å²) in [7, 11) is 1.54. The van der Waals surface area contributed by atoms with E-state index in [1.807, 2.05) is 13.8 Å². The van der Waals surface area contributed by atoms with Gasteiger partial charge in [0, 0.05) is 14.0 Å². The van der Waals surface area contributed by atoms with Gasteiger partial charge in [-0.15, -0.1) is 0 Å². The first-order valence-corrected chi connectivity index (χ1v) is 5.57. The fourth-order valence-corrected chi connectivity index (χ4v) is 2.14. The van der Waals surface area contributed by atoms with Crippen LogP contribution in [-0.4, -0.2) is 43.2 Å². The fraction of sp³-hybridized carbons (Fsp3) is 0.909. The second-order valence-electron chi connectivity index (χ2n) is 4.41. The van der Waals surface area contributed by atoms with Crippen LogP contribution in [0.3, 0.4) is 0 Å². The summed E-state index contributed by atoms with van der Waals surface area (Å²) in [5.74, 6) is 0.269. The number of methoxy groups -OCH3 is 1. The number of carbonyl (C=O) groups is 1. The number of carbonyl (C=O) groups excluding carboxylic acids is 1. The molecule has 0 aromatic heterocycles. The van der Waals surface area contributed by atoms with E-state index in [4.69, 9.17) is 9.47 Å². The topological polar surface area (TPSA) is 67.8 Å². The Labute approximate surface area is 96.1 Å². The molecule has 0 saturated carbocycles. The molecule has 0 bridgehead atoms. The molecular formula is C11H21NO4. The SMILES string of the molecule is COC1OC(CO)C(C)C(C)C1NC(C)=O. The van der Waals surface area contributed by atoms with Gasteiger partial charge >= 0.3 is 0 Å². The molecule has 0 aromatic carbocycles. The Bertz CT molecular complexity index is 244. The summed E-state index contributed by atoms with van der Waals surface area (Å²) in [5, 5.41) is 12.0. The number of aliphatic hydroxyl groups is 1. The van der Waals surface area contributed by atoms with E-state index in [-0.39, 0.29) is 36.5 Å². The minimum atomic E-state index is -0.493. The van der Waals surface area contributed by atoms with Gasteiger partial charge in [0.1, 0.15) is 0 Å². The Morgan fingerprint density at radius 1 is 1.44 bits per heavy atom. The van der Waals surface area contributed by atoms with Gasteiger partial charge < -0.3 is 19.9 Å². The summed E-state index contributed by atoms with van der Waals surface area (Å²) >= 11 is 0. The molecule has 0 aliphatic carbocycles. The Morgan fingerprint density at radius 2 is 2.06 bits per heavy atom. The third-order valence-electron chi connectivity index (χ3n) is 3.37. The van der Waals surface area contributed by atoms with E-state index in [9.17, 15) is 9.90 Å². The van der Waals surface area contributed by atoms with E-state index in [0.29, 0.717) is 0 Å². The van der Waals surface area contributed by atoms with Crippen LogP contribution >= 0.6 is 0 Å². The lowest BCUT2D eigenvalue weighted by molar-refractivity contribution is -0.232. The van der Waals surface area contributed by atoms with Crippen LogP contribution in [-0.2, 0) is 14.3 Å². The highest BCUT2D eigenvalue weighted by Crippen LogP contribution is 2.30. The van der Waals surface area contributed by atoms with Crippen LogP contribution in [0.1, 0.15) is 20.8 Å². The molecule has 94 valence electrons. The summed E-state index contributed by atoms with van der Waals surface area (Å²) in [6.07, 6.45) is -0.725. The normalized spacial score (nSPS) is 39.4. The Kier molecular flexibility index (Phi) is 4.70. The van der Waals surface area contributed by atoms with E-state index < -0.39 is 6.29 Å². The maximum atomic E-state index is 11.1. The first kappa shape index (κ1) is 13.4. The van der Waals surface area contributed by atoms with Crippen LogP contribution in [0.25, 0.3) is 0 Å². The summed E-state index contributed by atoms with van der Waals surface area (Å²) in [6.45, 7) is 5.48. The van der Waals surface area contributed by atoms with Crippen molar-refractivity contribution in [1.29, 1.82) is 0 Å². The average molecular weight is 231 g/mol. The molecule has 5 nitrogen and oxygen atoms in total. The second-order valence-corrected chi connectivity index (χ2v) is 4.41. The maximum Gasteiger partial charge on any atom is 0.217 e.